The molecule has 0 spiro atoms. The van der Waals surface area contributed by atoms with Gasteiger partial charge in [-0.25, -0.2) is 4.98 Å². The molecule has 1 aliphatic heterocycles. The number of aliphatic hydroxyl groups excluding tert-OH is 1. The van der Waals surface area contributed by atoms with Crippen LogP contribution in [0.3, 0.4) is 0 Å². The molecule has 40 heavy (non-hydrogen) atoms. The summed E-state index contributed by atoms with van der Waals surface area (Å²) in [5.74, 6) is 2.91. The van der Waals surface area contributed by atoms with Crippen molar-refractivity contribution < 1.29 is 14.6 Å². The van der Waals surface area contributed by atoms with Crippen molar-refractivity contribution in [2.24, 2.45) is 0 Å². The van der Waals surface area contributed by atoms with Gasteiger partial charge in [0.25, 0.3) is 0 Å². The molecule has 0 bridgehead atoms. The summed E-state index contributed by atoms with van der Waals surface area (Å²) in [6, 6.07) is 29.2. The first-order chi connectivity index (χ1) is 19.6. The van der Waals surface area contributed by atoms with Gasteiger partial charge in [0.15, 0.2) is 0 Å². The van der Waals surface area contributed by atoms with Crippen LogP contribution in [0.5, 0.6) is 11.5 Å². The molecule has 0 saturated carbocycles. The second-order valence-corrected chi connectivity index (χ2v) is 10.5. The molecule has 6 nitrogen and oxygen atoms in total. The number of benzene rings is 3. The van der Waals surface area contributed by atoms with E-state index in [1.807, 2.05) is 30.3 Å². The van der Waals surface area contributed by atoms with Crippen molar-refractivity contribution in [3.63, 3.8) is 0 Å². The summed E-state index contributed by atoms with van der Waals surface area (Å²) < 4.78 is 10.7. The summed E-state index contributed by atoms with van der Waals surface area (Å²) in [5, 5.41) is 10.2. The predicted molar refractivity (Wildman–Crippen MR) is 161 cm³/mol. The zero-order chi connectivity index (χ0) is 27.9. The van der Waals surface area contributed by atoms with Crippen molar-refractivity contribution >= 4 is 11.5 Å². The molecule has 208 valence electrons. The van der Waals surface area contributed by atoms with Crippen molar-refractivity contribution in [2.75, 3.05) is 37.1 Å². The first kappa shape index (κ1) is 27.5. The van der Waals surface area contributed by atoms with E-state index in [0.29, 0.717) is 19.0 Å². The Morgan fingerprint density at radius 3 is 1.95 bits per heavy atom. The molecule has 4 aromatic rings. The number of ether oxygens (including phenoxy) is 2. The third kappa shape index (κ3) is 6.57. The number of nitrogens with zero attached hydrogens (tertiary/aromatic N) is 3. The summed E-state index contributed by atoms with van der Waals surface area (Å²) in [6.45, 7) is 5.50. The first-order valence-corrected chi connectivity index (χ1v) is 14.0. The average Bonchev–Trinajstić information content (AvgIpc) is 3.01. The summed E-state index contributed by atoms with van der Waals surface area (Å²) >= 11 is 0. The Hall–Kier alpha value is -4.03. The van der Waals surface area contributed by atoms with Crippen molar-refractivity contribution in [3.05, 3.63) is 113 Å². The smallest absolute Gasteiger partial charge is 0.129 e. The van der Waals surface area contributed by atoms with Crippen LogP contribution in [0.4, 0.5) is 11.5 Å². The van der Waals surface area contributed by atoms with E-state index >= 15 is 0 Å². The Balaban J connectivity index is 1.40. The largest absolute Gasteiger partial charge is 0.497 e. The summed E-state index contributed by atoms with van der Waals surface area (Å²) in [4.78, 5) is 10.0. The Morgan fingerprint density at radius 2 is 1.43 bits per heavy atom. The summed E-state index contributed by atoms with van der Waals surface area (Å²) in [5.41, 5.74) is 6.87. The second-order valence-electron chi connectivity index (χ2n) is 10.5. The summed E-state index contributed by atoms with van der Waals surface area (Å²) in [6.07, 6.45) is 2.02. The third-order valence-electron chi connectivity index (χ3n) is 7.81. The van der Waals surface area contributed by atoms with Gasteiger partial charge in [0.2, 0.25) is 0 Å². The van der Waals surface area contributed by atoms with Gasteiger partial charge in [-0.3, -0.25) is 0 Å². The summed E-state index contributed by atoms with van der Waals surface area (Å²) in [7, 11) is 3.37. The van der Waals surface area contributed by atoms with E-state index in [-0.39, 0.29) is 6.61 Å². The maximum absolute atomic E-state index is 10.2. The fraction of sp³-hybridized carbons (Fsp3) is 0.324. The molecule has 1 aliphatic rings. The number of pyridine rings is 1. The molecule has 0 unspecified atom stereocenters. The van der Waals surface area contributed by atoms with Gasteiger partial charge in [-0.15, -0.1) is 0 Å². The minimum absolute atomic E-state index is 0.00231. The number of aryl methyl sites for hydroxylation is 1. The van der Waals surface area contributed by atoms with Crippen molar-refractivity contribution in [3.8, 4) is 11.5 Å². The highest BCUT2D eigenvalue weighted by Gasteiger charge is 2.25. The molecule has 0 amide bonds. The number of methoxy groups -OCH3 is 2. The van der Waals surface area contributed by atoms with Crippen molar-refractivity contribution in [1.82, 2.24) is 4.98 Å². The zero-order valence-electron chi connectivity index (χ0n) is 23.7. The maximum Gasteiger partial charge on any atom is 0.129 e. The van der Waals surface area contributed by atoms with Crippen LogP contribution in [-0.4, -0.2) is 37.4 Å². The van der Waals surface area contributed by atoms with Gasteiger partial charge in [-0.05, 0) is 84.5 Å². The number of hydrogen-bond donors (Lipinski definition) is 1. The molecule has 0 atom stereocenters. The number of aromatic nitrogens is 1. The molecule has 6 heteroatoms. The highest BCUT2D eigenvalue weighted by Crippen LogP contribution is 2.33. The molecule has 3 aromatic carbocycles. The molecule has 0 aliphatic carbocycles. The Kier molecular flexibility index (Phi) is 8.87. The normalized spacial score (nSPS) is 13.8. The second kappa shape index (κ2) is 12.9. The third-order valence-corrected chi connectivity index (χ3v) is 7.81. The minimum Gasteiger partial charge on any atom is -0.497 e. The Bertz CT molecular complexity index is 1330. The molecule has 5 rings (SSSR count). The lowest BCUT2D eigenvalue weighted by atomic mass is 9.90. The van der Waals surface area contributed by atoms with Gasteiger partial charge in [-0.2, -0.15) is 0 Å². The molecule has 0 radical (unpaired) electrons. The van der Waals surface area contributed by atoms with Crippen LogP contribution in [0.1, 0.15) is 46.7 Å². The fourth-order valence-electron chi connectivity index (χ4n) is 5.51. The van der Waals surface area contributed by atoms with E-state index in [9.17, 15) is 5.11 Å². The first-order valence-electron chi connectivity index (χ1n) is 14.0. The quantitative estimate of drug-likeness (QED) is 0.250. The molecule has 1 saturated heterocycles. The molecular weight excluding hydrogens is 498 g/mol. The number of anilines is 2. The topological polar surface area (TPSA) is 58.1 Å². The lowest BCUT2D eigenvalue weighted by Gasteiger charge is -2.34. The molecule has 1 aromatic heterocycles. The molecule has 1 N–H and O–H groups in total. The van der Waals surface area contributed by atoms with Crippen molar-refractivity contribution in [1.29, 1.82) is 0 Å². The minimum atomic E-state index is -0.00231. The number of rotatable bonds is 10. The van der Waals surface area contributed by atoms with Crippen LogP contribution in [0.2, 0.25) is 0 Å². The van der Waals surface area contributed by atoms with Gasteiger partial charge in [0.1, 0.15) is 17.3 Å². The predicted octanol–water partition coefficient (Wildman–Crippen LogP) is 6.49. The van der Waals surface area contributed by atoms with E-state index in [1.54, 1.807) is 14.2 Å². The number of hydrogen-bond acceptors (Lipinski definition) is 6. The van der Waals surface area contributed by atoms with Crippen LogP contribution in [0.15, 0.2) is 84.9 Å². The molecule has 2 heterocycles. The fourth-order valence-corrected chi connectivity index (χ4v) is 5.51. The monoisotopic (exact) mass is 537 g/mol. The van der Waals surface area contributed by atoms with Crippen LogP contribution in [0.25, 0.3) is 0 Å². The maximum atomic E-state index is 10.2. The number of piperidine rings is 1. The van der Waals surface area contributed by atoms with E-state index in [1.165, 1.54) is 22.4 Å². The van der Waals surface area contributed by atoms with E-state index < -0.39 is 0 Å². The van der Waals surface area contributed by atoms with Gasteiger partial charge in [0, 0.05) is 37.8 Å². The highest BCUT2D eigenvalue weighted by atomic mass is 16.5. The van der Waals surface area contributed by atoms with Crippen LogP contribution >= 0.6 is 0 Å². The Morgan fingerprint density at radius 1 is 0.825 bits per heavy atom. The molecule has 1 fully saturated rings. The van der Waals surface area contributed by atoms with E-state index in [4.69, 9.17) is 14.5 Å². The van der Waals surface area contributed by atoms with E-state index in [2.05, 4.69) is 71.3 Å². The van der Waals surface area contributed by atoms with Crippen LogP contribution < -0.4 is 19.3 Å². The standard InChI is InChI=1S/C34H39N3O3/c1-25-5-4-6-30(21-25)36-19-17-28(18-20-36)34-29(24-38)11-16-33(35-34)37(22-26-7-12-31(39-2)13-8-26)23-27-9-14-32(40-3)15-10-27/h4-16,21,28,38H,17-20,22-24H2,1-3H3. The van der Waals surface area contributed by atoms with Crippen LogP contribution in [0, 0.1) is 6.92 Å². The van der Waals surface area contributed by atoms with Gasteiger partial charge in [-0.1, -0.05) is 42.5 Å². The SMILES string of the molecule is COc1ccc(CN(Cc2ccc(OC)cc2)c2ccc(CO)c(C3CCN(c4cccc(C)c4)CC3)n2)cc1. The number of aliphatic hydroxyl groups is 1. The van der Waals surface area contributed by atoms with Gasteiger partial charge in [0.05, 0.1) is 26.5 Å². The van der Waals surface area contributed by atoms with E-state index in [0.717, 1.165) is 54.5 Å². The molecular formula is C34H39N3O3. The average molecular weight is 538 g/mol. The lowest BCUT2D eigenvalue weighted by molar-refractivity contribution is 0.278. The lowest BCUT2D eigenvalue weighted by Crippen LogP contribution is -2.33. The Labute approximate surface area is 237 Å². The van der Waals surface area contributed by atoms with Crippen molar-refractivity contribution in [2.45, 2.75) is 45.4 Å². The van der Waals surface area contributed by atoms with Gasteiger partial charge < -0.3 is 24.4 Å². The highest BCUT2D eigenvalue weighted by molar-refractivity contribution is 5.50. The zero-order valence-corrected chi connectivity index (χ0v) is 23.7. The van der Waals surface area contributed by atoms with Crippen LogP contribution in [-0.2, 0) is 19.7 Å². The van der Waals surface area contributed by atoms with Gasteiger partial charge >= 0.3 is 0 Å².